The van der Waals surface area contributed by atoms with Crippen LogP contribution in [0.15, 0.2) is 18.3 Å². The van der Waals surface area contributed by atoms with Crippen molar-refractivity contribution in [3.8, 4) is 0 Å². The molecule has 1 rings (SSSR count). The van der Waals surface area contributed by atoms with E-state index in [-0.39, 0.29) is 0 Å². The highest BCUT2D eigenvalue weighted by Gasteiger charge is 2.39. The molecule has 94 valence electrons. The zero-order valence-electron chi connectivity index (χ0n) is 10.4. The van der Waals surface area contributed by atoms with Crippen LogP contribution in [0.25, 0.3) is 0 Å². The molecule has 0 bridgehead atoms. The molecule has 0 atom stereocenters. The predicted octanol–water partition coefficient (Wildman–Crippen LogP) is 0.989. The highest BCUT2D eigenvalue weighted by atomic mass is 35.5. The average molecular weight is 258 g/mol. The Morgan fingerprint density at radius 3 is 2.29 bits per heavy atom. The molecular weight excluding hydrogens is 240 g/mol. The van der Waals surface area contributed by atoms with Gasteiger partial charge in [-0.15, -0.1) is 0 Å². The van der Waals surface area contributed by atoms with E-state index in [2.05, 4.69) is 4.98 Å². The molecule has 0 aliphatic rings. The number of hydrogen-bond donors (Lipinski definition) is 2. The number of hydrogen-bond acceptors (Lipinski definition) is 4. The minimum Gasteiger partial charge on any atom is -0.422 e. The SMILES string of the molecule is CC(C)(O)C(C)(C)OB(O)c1ccc(Cl)cn1. The second-order valence-electron chi connectivity index (χ2n) is 4.94. The summed E-state index contributed by atoms with van der Waals surface area (Å²) in [5, 5.41) is 20.3. The van der Waals surface area contributed by atoms with E-state index in [9.17, 15) is 10.1 Å². The van der Waals surface area contributed by atoms with E-state index in [0.717, 1.165) is 0 Å². The minimum atomic E-state index is -1.20. The Balaban J connectivity index is 2.79. The van der Waals surface area contributed by atoms with Crippen LogP contribution in [0.3, 0.4) is 0 Å². The summed E-state index contributed by atoms with van der Waals surface area (Å²) in [5.41, 5.74) is -1.64. The quantitative estimate of drug-likeness (QED) is 0.790. The third kappa shape index (κ3) is 3.68. The molecule has 0 aliphatic heterocycles. The van der Waals surface area contributed by atoms with E-state index >= 15 is 0 Å². The van der Waals surface area contributed by atoms with Gasteiger partial charge in [0, 0.05) is 6.20 Å². The number of rotatable bonds is 4. The van der Waals surface area contributed by atoms with Crippen LogP contribution in [0, 0.1) is 0 Å². The summed E-state index contributed by atoms with van der Waals surface area (Å²) in [6.07, 6.45) is 1.43. The van der Waals surface area contributed by atoms with Crippen LogP contribution >= 0.6 is 11.6 Å². The van der Waals surface area contributed by atoms with Crippen LogP contribution in [0.5, 0.6) is 0 Å². The Hall–Kier alpha value is -0.615. The Labute approximate surface area is 107 Å². The standard InChI is InChI=1S/C11H17BClNO3/c1-10(2,15)11(3,4)17-12(16)9-6-5-8(13)7-14-9/h5-7,15-16H,1-4H3. The number of aromatic nitrogens is 1. The van der Waals surface area contributed by atoms with Crippen molar-refractivity contribution < 1.29 is 14.8 Å². The Morgan fingerprint density at radius 2 is 1.88 bits per heavy atom. The van der Waals surface area contributed by atoms with Crippen molar-refractivity contribution in [1.82, 2.24) is 4.98 Å². The van der Waals surface area contributed by atoms with Gasteiger partial charge in [-0.3, -0.25) is 4.98 Å². The van der Waals surface area contributed by atoms with E-state index in [1.54, 1.807) is 39.8 Å². The molecule has 4 nitrogen and oxygen atoms in total. The van der Waals surface area contributed by atoms with Gasteiger partial charge in [0.05, 0.1) is 21.8 Å². The fourth-order valence-corrected chi connectivity index (χ4v) is 1.13. The lowest BCUT2D eigenvalue weighted by molar-refractivity contribution is -0.0983. The summed E-state index contributed by atoms with van der Waals surface area (Å²) in [6.45, 7) is 6.64. The van der Waals surface area contributed by atoms with Gasteiger partial charge in [0.25, 0.3) is 0 Å². The second kappa shape index (κ2) is 4.94. The van der Waals surface area contributed by atoms with Gasteiger partial charge >= 0.3 is 7.12 Å². The summed E-state index contributed by atoms with van der Waals surface area (Å²) in [5.74, 6) is 0. The molecule has 0 amide bonds. The topological polar surface area (TPSA) is 62.6 Å². The molecule has 0 saturated carbocycles. The van der Waals surface area contributed by atoms with Gasteiger partial charge in [0.15, 0.2) is 0 Å². The maximum absolute atomic E-state index is 9.91. The first-order chi connectivity index (χ1) is 7.63. The first-order valence-corrected chi connectivity index (χ1v) is 5.71. The fourth-order valence-electron chi connectivity index (χ4n) is 1.02. The van der Waals surface area contributed by atoms with E-state index in [1.807, 2.05) is 0 Å². The Bertz CT molecular complexity index is 375. The van der Waals surface area contributed by atoms with Crippen molar-refractivity contribution in [1.29, 1.82) is 0 Å². The number of nitrogens with zero attached hydrogens (tertiary/aromatic N) is 1. The first kappa shape index (κ1) is 14.4. The molecular formula is C11H17BClNO3. The zero-order valence-corrected chi connectivity index (χ0v) is 11.2. The minimum absolute atomic E-state index is 0.353. The summed E-state index contributed by atoms with van der Waals surface area (Å²) < 4.78 is 5.43. The maximum atomic E-state index is 9.91. The van der Waals surface area contributed by atoms with Crippen molar-refractivity contribution in [2.75, 3.05) is 0 Å². The van der Waals surface area contributed by atoms with Crippen molar-refractivity contribution in [2.24, 2.45) is 0 Å². The van der Waals surface area contributed by atoms with Crippen LogP contribution in [0.2, 0.25) is 5.02 Å². The van der Waals surface area contributed by atoms with E-state index in [1.165, 1.54) is 6.20 Å². The van der Waals surface area contributed by atoms with Crippen LogP contribution in [0.4, 0.5) is 0 Å². The van der Waals surface area contributed by atoms with Crippen molar-refractivity contribution in [3.63, 3.8) is 0 Å². The normalized spacial score (nSPS) is 12.6. The molecule has 0 saturated heterocycles. The van der Waals surface area contributed by atoms with Gasteiger partial charge in [-0.2, -0.15) is 0 Å². The third-order valence-electron chi connectivity index (χ3n) is 2.88. The van der Waals surface area contributed by atoms with Crippen molar-refractivity contribution in [2.45, 2.75) is 38.9 Å². The summed E-state index contributed by atoms with van der Waals surface area (Å²) in [4.78, 5) is 3.96. The van der Waals surface area contributed by atoms with Gasteiger partial charge in [-0.25, -0.2) is 0 Å². The van der Waals surface area contributed by atoms with Gasteiger partial charge < -0.3 is 14.8 Å². The van der Waals surface area contributed by atoms with E-state index < -0.39 is 18.3 Å². The highest BCUT2D eigenvalue weighted by molar-refractivity contribution is 6.59. The van der Waals surface area contributed by atoms with E-state index in [0.29, 0.717) is 10.6 Å². The van der Waals surface area contributed by atoms with Crippen LogP contribution in [-0.2, 0) is 4.65 Å². The van der Waals surface area contributed by atoms with Crippen molar-refractivity contribution in [3.05, 3.63) is 23.4 Å². The lowest BCUT2D eigenvalue weighted by Crippen LogP contribution is -2.53. The van der Waals surface area contributed by atoms with Gasteiger partial charge in [0.2, 0.25) is 0 Å². The average Bonchev–Trinajstić information content (AvgIpc) is 2.16. The molecule has 0 aliphatic carbocycles. The molecule has 0 radical (unpaired) electrons. The van der Waals surface area contributed by atoms with Gasteiger partial charge in [-0.05, 0) is 39.8 Å². The third-order valence-corrected chi connectivity index (χ3v) is 3.11. The smallest absolute Gasteiger partial charge is 0.422 e. The van der Waals surface area contributed by atoms with Crippen LogP contribution in [0.1, 0.15) is 27.7 Å². The largest absolute Gasteiger partial charge is 0.511 e. The monoisotopic (exact) mass is 257 g/mol. The molecule has 2 N–H and O–H groups in total. The Kier molecular flexibility index (Phi) is 4.20. The molecule has 6 heteroatoms. The molecule has 1 heterocycles. The molecule has 0 aromatic carbocycles. The summed E-state index contributed by atoms with van der Waals surface area (Å²) >= 11 is 5.70. The molecule has 17 heavy (non-hydrogen) atoms. The Morgan fingerprint density at radius 1 is 1.29 bits per heavy atom. The maximum Gasteiger partial charge on any atom is 0.511 e. The van der Waals surface area contributed by atoms with E-state index in [4.69, 9.17) is 16.3 Å². The first-order valence-electron chi connectivity index (χ1n) is 5.33. The number of aliphatic hydroxyl groups is 1. The fraction of sp³-hybridized carbons (Fsp3) is 0.545. The van der Waals surface area contributed by atoms with Crippen LogP contribution in [-0.4, -0.2) is 33.4 Å². The molecule has 0 fully saturated rings. The predicted molar refractivity (Wildman–Crippen MR) is 68.3 cm³/mol. The molecule has 0 unspecified atom stereocenters. The lowest BCUT2D eigenvalue weighted by atomic mass is 9.80. The zero-order chi connectivity index (χ0) is 13.3. The molecule has 0 spiro atoms. The number of pyridine rings is 1. The van der Waals surface area contributed by atoms with Crippen molar-refractivity contribution >= 4 is 24.3 Å². The van der Waals surface area contributed by atoms with Crippen LogP contribution < -0.4 is 5.59 Å². The highest BCUT2D eigenvalue weighted by Crippen LogP contribution is 2.25. The molecule has 1 aromatic heterocycles. The number of halogens is 1. The van der Waals surface area contributed by atoms with Gasteiger partial charge in [0.1, 0.15) is 0 Å². The molecule has 1 aromatic rings. The second-order valence-corrected chi connectivity index (χ2v) is 5.38. The van der Waals surface area contributed by atoms with Gasteiger partial charge in [-0.1, -0.05) is 11.6 Å². The summed E-state index contributed by atoms with van der Waals surface area (Å²) in [7, 11) is -1.20. The summed E-state index contributed by atoms with van der Waals surface area (Å²) in [6, 6.07) is 3.20. The lowest BCUT2D eigenvalue weighted by Gasteiger charge is -2.38.